The molecule has 6 heteroatoms. The quantitative estimate of drug-likeness (QED) is 0.768. The van der Waals surface area contributed by atoms with Gasteiger partial charge in [-0.3, -0.25) is 9.59 Å². The minimum Gasteiger partial charge on any atom is -0.493 e. The lowest BCUT2D eigenvalue weighted by Crippen LogP contribution is -2.44. The number of hydrogen-bond donors (Lipinski definition) is 1. The molecule has 1 aromatic carbocycles. The van der Waals surface area contributed by atoms with Gasteiger partial charge in [-0.25, -0.2) is 0 Å². The van der Waals surface area contributed by atoms with Crippen molar-refractivity contribution in [2.24, 2.45) is 17.8 Å². The third-order valence-electron chi connectivity index (χ3n) is 6.42. The van der Waals surface area contributed by atoms with Crippen LogP contribution in [0.3, 0.4) is 0 Å². The van der Waals surface area contributed by atoms with Crippen molar-refractivity contribution in [3.63, 3.8) is 0 Å². The molecule has 0 radical (unpaired) electrons. The third kappa shape index (κ3) is 4.32. The average molecular weight is 415 g/mol. The molecule has 1 amide bonds. The number of nitrogens with zero attached hydrogens (tertiary/aromatic N) is 1. The Morgan fingerprint density at radius 2 is 1.77 bits per heavy atom. The largest absolute Gasteiger partial charge is 0.493 e. The molecule has 3 atom stereocenters. The van der Waals surface area contributed by atoms with Gasteiger partial charge in [-0.05, 0) is 36.3 Å². The van der Waals surface area contributed by atoms with Crippen molar-refractivity contribution in [2.45, 2.75) is 59.5 Å². The molecule has 3 rings (SSSR count). The maximum atomic E-state index is 13.4. The van der Waals surface area contributed by atoms with Crippen molar-refractivity contribution in [1.29, 1.82) is 0 Å². The van der Waals surface area contributed by atoms with E-state index in [1.165, 1.54) is 6.42 Å². The van der Waals surface area contributed by atoms with Crippen molar-refractivity contribution in [1.82, 2.24) is 9.88 Å². The molecule has 1 aliphatic carbocycles. The monoisotopic (exact) mass is 414 g/mol. The first-order valence-electron chi connectivity index (χ1n) is 10.9. The Labute approximate surface area is 178 Å². The maximum Gasteiger partial charge on any atom is 0.258 e. The van der Waals surface area contributed by atoms with Crippen LogP contribution in [0.2, 0.25) is 0 Å². The lowest BCUT2D eigenvalue weighted by atomic mass is 9.78. The fourth-order valence-electron chi connectivity index (χ4n) is 4.46. The molecule has 1 aliphatic rings. The van der Waals surface area contributed by atoms with Crippen molar-refractivity contribution in [3.05, 3.63) is 34.2 Å². The Morgan fingerprint density at radius 3 is 2.37 bits per heavy atom. The van der Waals surface area contributed by atoms with Crippen LogP contribution in [0.15, 0.2) is 23.1 Å². The highest BCUT2D eigenvalue weighted by atomic mass is 16.5. The predicted molar refractivity (Wildman–Crippen MR) is 120 cm³/mol. The molecule has 1 heterocycles. The SMILES string of the molecule is COc1cc2c(C(=O)N[C@@H]3CCC[C@@H](C)[C@@H]3C)cn(CC(C)C)c(=O)c2cc1OC. The molecular weight excluding hydrogens is 380 g/mol. The highest BCUT2D eigenvalue weighted by Gasteiger charge is 2.29. The summed E-state index contributed by atoms with van der Waals surface area (Å²) < 4.78 is 12.5. The summed E-state index contributed by atoms with van der Waals surface area (Å²) in [5, 5.41) is 4.30. The summed E-state index contributed by atoms with van der Waals surface area (Å²) in [5.41, 5.74) is 0.368. The van der Waals surface area contributed by atoms with Crippen LogP contribution in [0.25, 0.3) is 10.8 Å². The van der Waals surface area contributed by atoms with E-state index in [1.54, 1.807) is 37.1 Å². The Morgan fingerprint density at radius 1 is 1.13 bits per heavy atom. The highest BCUT2D eigenvalue weighted by molar-refractivity contribution is 6.07. The van der Waals surface area contributed by atoms with Gasteiger partial charge in [0.15, 0.2) is 11.5 Å². The number of methoxy groups -OCH3 is 2. The summed E-state index contributed by atoms with van der Waals surface area (Å²) in [6.45, 7) is 9.10. The molecule has 0 spiro atoms. The van der Waals surface area contributed by atoms with Crippen molar-refractivity contribution in [3.8, 4) is 11.5 Å². The molecule has 2 aromatic rings. The van der Waals surface area contributed by atoms with Crippen LogP contribution in [0.1, 0.15) is 57.3 Å². The van der Waals surface area contributed by atoms with Gasteiger partial charge in [0.05, 0.1) is 25.2 Å². The van der Waals surface area contributed by atoms with Gasteiger partial charge >= 0.3 is 0 Å². The molecule has 0 aliphatic heterocycles. The van der Waals surface area contributed by atoms with Crippen molar-refractivity contribution >= 4 is 16.7 Å². The van der Waals surface area contributed by atoms with E-state index in [0.29, 0.717) is 46.2 Å². The van der Waals surface area contributed by atoms with Gasteiger partial charge in [0.1, 0.15) is 0 Å². The van der Waals surface area contributed by atoms with Gasteiger partial charge in [-0.2, -0.15) is 0 Å². The Kier molecular flexibility index (Phi) is 6.74. The number of carbonyl (C=O) groups excluding carboxylic acids is 1. The molecule has 0 saturated heterocycles. The zero-order chi connectivity index (χ0) is 22.0. The summed E-state index contributed by atoms with van der Waals surface area (Å²) >= 11 is 0. The number of fused-ring (bicyclic) bond motifs is 1. The van der Waals surface area contributed by atoms with Gasteiger partial charge in [-0.15, -0.1) is 0 Å². The molecule has 1 saturated carbocycles. The number of ether oxygens (including phenoxy) is 2. The molecular formula is C24H34N2O4. The Balaban J connectivity index is 2.12. The van der Waals surface area contributed by atoms with Crippen molar-refractivity contribution < 1.29 is 14.3 Å². The number of amides is 1. The molecule has 0 unspecified atom stereocenters. The summed E-state index contributed by atoms with van der Waals surface area (Å²) in [4.78, 5) is 26.5. The predicted octanol–water partition coefficient (Wildman–Crippen LogP) is 4.23. The summed E-state index contributed by atoms with van der Waals surface area (Å²) in [7, 11) is 3.09. The first-order valence-corrected chi connectivity index (χ1v) is 10.9. The minimum absolute atomic E-state index is 0.129. The van der Waals surface area contributed by atoms with Gasteiger partial charge < -0.3 is 19.4 Å². The van der Waals surface area contributed by atoms with Crippen LogP contribution in [-0.2, 0) is 6.54 Å². The average Bonchev–Trinajstić information content (AvgIpc) is 2.72. The number of hydrogen-bond acceptors (Lipinski definition) is 4. The second-order valence-corrected chi connectivity index (χ2v) is 8.99. The summed E-state index contributed by atoms with van der Waals surface area (Å²) in [5.74, 6) is 2.11. The lowest BCUT2D eigenvalue weighted by Gasteiger charge is -2.34. The fourth-order valence-corrected chi connectivity index (χ4v) is 4.46. The first-order chi connectivity index (χ1) is 14.3. The molecule has 1 aromatic heterocycles. The number of carbonyl (C=O) groups is 1. The van der Waals surface area contributed by atoms with E-state index in [9.17, 15) is 9.59 Å². The van der Waals surface area contributed by atoms with Gasteiger partial charge in [-0.1, -0.05) is 40.5 Å². The van der Waals surface area contributed by atoms with Gasteiger partial charge in [0.25, 0.3) is 11.5 Å². The van der Waals surface area contributed by atoms with E-state index in [4.69, 9.17) is 9.47 Å². The van der Waals surface area contributed by atoms with Crippen LogP contribution >= 0.6 is 0 Å². The fraction of sp³-hybridized carbons (Fsp3) is 0.583. The number of benzene rings is 1. The molecule has 164 valence electrons. The van der Waals surface area contributed by atoms with E-state index in [2.05, 4.69) is 33.0 Å². The number of pyridine rings is 1. The van der Waals surface area contributed by atoms with Crippen LogP contribution in [0, 0.1) is 17.8 Å². The Bertz CT molecular complexity index is 979. The van der Waals surface area contributed by atoms with Crippen LogP contribution in [0.5, 0.6) is 11.5 Å². The van der Waals surface area contributed by atoms with E-state index in [0.717, 1.165) is 12.8 Å². The summed E-state index contributed by atoms with van der Waals surface area (Å²) in [6, 6.07) is 3.55. The molecule has 1 N–H and O–H groups in total. The second kappa shape index (κ2) is 9.11. The summed E-state index contributed by atoms with van der Waals surface area (Å²) in [6.07, 6.45) is 5.00. The number of nitrogens with one attached hydrogen (secondary N) is 1. The molecule has 6 nitrogen and oxygen atoms in total. The van der Waals surface area contributed by atoms with Gasteiger partial charge in [0, 0.05) is 24.2 Å². The third-order valence-corrected chi connectivity index (χ3v) is 6.42. The second-order valence-electron chi connectivity index (χ2n) is 8.99. The van der Waals surface area contributed by atoms with Gasteiger partial charge in [0.2, 0.25) is 0 Å². The number of aromatic nitrogens is 1. The highest BCUT2D eigenvalue weighted by Crippen LogP contribution is 2.33. The maximum absolute atomic E-state index is 13.4. The van der Waals surface area contributed by atoms with Crippen molar-refractivity contribution in [2.75, 3.05) is 14.2 Å². The smallest absolute Gasteiger partial charge is 0.258 e. The van der Waals surface area contributed by atoms with Crippen LogP contribution in [-0.4, -0.2) is 30.7 Å². The van der Waals surface area contributed by atoms with Crippen LogP contribution in [0.4, 0.5) is 0 Å². The molecule has 30 heavy (non-hydrogen) atoms. The zero-order valence-electron chi connectivity index (χ0n) is 19.0. The molecule has 1 fully saturated rings. The standard InChI is InChI=1S/C24H34N2O4/c1-14(2)12-26-13-19(23(27)25-20-9-7-8-15(3)16(20)4)17-10-21(29-5)22(30-6)11-18(17)24(26)28/h10-11,13-16,20H,7-9,12H2,1-6H3,(H,25,27)/t15-,16+,20-/m1/s1. The normalized spacial score (nSPS) is 21.6. The minimum atomic E-state index is -0.143. The van der Waals surface area contributed by atoms with E-state index in [1.807, 2.05) is 0 Å². The molecule has 0 bridgehead atoms. The van der Waals surface area contributed by atoms with E-state index >= 15 is 0 Å². The first kappa shape index (κ1) is 22.2. The lowest BCUT2D eigenvalue weighted by molar-refractivity contribution is 0.0892. The number of rotatable bonds is 6. The topological polar surface area (TPSA) is 69.6 Å². The van der Waals surface area contributed by atoms with Crippen LogP contribution < -0.4 is 20.3 Å². The zero-order valence-corrected chi connectivity index (χ0v) is 19.0. The Hall–Kier alpha value is -2.50. The van der Waals surface area contributed by atoms with E-state index < -0.39 is 0 Å². The van der Waals surface area contributed by atoms with E-state index in [-0.39, 0.29) is 23.4 Å².